The minimum atomic E-state index is -0.0563. The van der Waals surface area contributed by atoms with Crippen molar-refractivity contribution < 1.29 is 0 Å². The van der Waals surface area contributed by atoms with Gasteiger partial charge in [0.25, 0.3) is 0 Å². The maximum absolute atomic E-state index is 5.00. The summed E-state index contributed by atoms with van der Waals surface area (Å²) >= 11 is 1.78. The molecule has 1 aliphatic rings. The molecule has 6 aromatic rings. The number of nitrogens with zero attached hydrogens (tertiary/aromatic N) is 2. The summed E-state index contributed by atoms with van der Waals surface area (Å²) in [7, 11) is 0. The van der Waals surface area contributed by atoms with Gasteiger partial charge in [-0.3, -0.25) is 0 Å². The lowest BCUT2D eigenvalue weighted by Crippen LogP contribution is -2.24. The van der Waals surface area contributed by atoms with Gasteiger partial charge in [-0.25, -0.2) is 4.98 Å². The molecule has 0 N–H and O–H groups in total. The first-order valence-electron chi connectivity index (χ1n) is 15.4. The summed E-state index contributed by atoms with van der Waals surface area (Å²) in [6.07, 6.45) is 2.08. The van der Waals surface area contributed by atoms with Crippen LogP contribution in [0.15, 0.2) is 115 Å². The molecule has 7 rings (SSSR count). The molecule has 1 heterocycles. The molecule has 0 unspecified atom stereocenters. The molecular formula is C40H38N2S. The second kappa shape index (κ2) is 10.5. The molecule has 0 fully saturated rings. The fraction of sp³-hybridized carbons (Fsp3) is 0.225. The van der Waals surface area contributed by atoms with Crippen molar-refractivity contribution in [2.24, 2.45) is 0 Å². The standard InChI is InChI=1S/C40H38N2S/c1-6-40(7-2)33-25-27(38-41-35-18-12-14-20-37(35)43-38)21-23-30(33)31-24-22-29(26-34(31)40)42(28-15-9-8-10-16-28)36-19-13-11-17-32(36)39(3,4)5/h8-26H,6-7H2,1-5H3. The summed E-state index contributed by atoms with van der Waals surface area (Å²) in [5, 5.41) is 1.09. The minimum absolute atomic E-state index is 0.00418. The average Bonchev–Trinajstić information content (AvgIpc) is 3.58. The molecule has 5 aromatic carbocycles. The Kier molecular flexibility index (Phi) is 6.74. The van der Waals surface area contributed by atoms with Crippen molar-refractivity contribution in [1.29, 1.82) is 0 Å². The van der Waals surface area contributed by atoms with Gasteiger partial charge < -0.3 is 4.90 Å². The molecule has 214 valence electrons. The fourth-order valence-electron chi connectivity index (χ4n) is 7.07. The summed E-state index contributed by atoms with van der Waals surface area (Å²) in [6, 6.07) is 42.3. The average molecular weight is 579 g/mol. The third-order valence-electron chi connectivity index (χ3n) is 9.32. The normalized spacial score (nSPS) is 13.6. The molecule has 0 aliphatic heterocycles. The first kappa shape index (κ1) is 27.6. The second-order valence-electron chi connectivity index (χ2n) is 12.7. The molecule has 2 nitrogen and oxygen atoms in total. The summed E-state index contributed by atoms with van der Waals surface area (Å²) in [5.74, 6) is 0. The van der Waals surface area contributed by atoms with E-state index in [1.807, 2.05) is 0 Å². The molecule has 0 atom stereocenters. The van der Waals surface area contributed by atoms with E-state index in [9.17, 15) is 0 Å². The maximum Gasteiger partial charge on any atom is 0.124 e. The van der Waals surface area contributed by atoms with Gasteiger partial charge in [-0.2, -0.15) is 0 Å². The minimum Gasteiger partial charge on any atom is -0.310 e. The van der Waals surface area contributed by atoms with E-state index in [1.165, 1.54) is 55.1 Å². The molecule has 0 saturated heterocycles. The van der Waals surface area contributed by atoms with Crippen LogP contribution < -0.4 is 4.90 Å². The Balaban J connectivity index is 1.40. The predicted octanol–water partition coefficient (Wildman–Crippen LogP) is 11.8. The van der Waals surface area contributed by atoms with Crippen molar-refractivity contribution in [2.75, 3.05) is 4.90 Å². The van der Waals surface area contributed by atoms with Crippen molar-refractivity contribution in [2.45, 2.75) is 58.3 Å². The van der Waals surface area contributed by atoms with E-state index in [0.717, 1.165) is 23.4 Å². The van der Waals surface area contributed by atoms with Crippen LogP contribution in [-0.2, 0) is 10.8 Å². The number of fused-ring (bicyclic) bond motifs is 4. The Morgan fingerprint density at radius 1 is 0.674 bits per heavy atom. The molecular weight excluding hydrogens is 541 g/mol. The van der Waals surface area contributed by atoms with E-state index >= 15 is 0 Å². The zero-order chi connectivity index (χ0) is 29.8. The van der Waals surface area contributed by atoms with Gasteiger partial charge in [-0.1, -0.05) is 101 Å². The first-order chi connectivity index (χ1) is 20.8. The number of para-hydroxylation sites is 3. The number of benzene rings is 5. The first-order valence-corrected chi connectivity index (χ1v) is 16.3. The summed E-state index contributed by atoms with van der Waals surface area (Å²) < 4.78 is 1.24. The van der Waals surface area contributed by atoms with Crippen molar-refractivity contribution in [3.8, 4) is 21.7 Å². The molecule has 0 saturated carbocycles. The van der Waals surface area contributed by atoms with Crippen molar-refractivity contribution in [1.82, 2.24) is 4.98 Å². The molecule has 0 spiro atoms. The van der Waals surface area contributed by atoms with Crippen LogP contribution in [0.5, 0.6) is 0 Å². The number of hydrogen-bond acceptors (Lipinski definition) is 3. The molecule has 1 aliphatic carbocycles. The van der Waals surface area contributed by atoms with Gasteiger partial charge in [0.05, 0.1) is 10.2 Å². The Morgan fingerprint density at radius 2 is 1.33 bits per heavy atom. The van der Waals surface area contributed by atoms with Gasteiger partial charge >= 0.3 is 0 Å². The highest BCUT2D eigenvalue weighted by atomic mass is 32.1. The Labute approximate surface area is 259 Å². The van der Waals surface area contributed by atoms with Crippen LogP contribution in [0.2, 0.25) is 0 Å². The van der Waals surface area contributed by atoms with Crippen LogP contribution in [0, 0.1) is 0 Å². The molecule has 0 bridgehead atoms. The zero-order valence-electron chi connectivity index (χ0n) is 25.7. The Hall–Kier alpha value is -4.21. The molecule has 0 amide bonds. The van der Waals surface area contributed by atoms with E-state index in [1.54, 1.807) is 11.3 Å². The number of hydrogen-bond donors (Lipinski definition) is 0. The van der Waals surface area contributed by atoms with Gasteiger partial charge in [-0.05, 0) is 94.6 Å². The number of anilines is 3. The van der Waals surface area contributed by atoms with Gasteiger partial charge in [-0.15, -0.1) is 11.3 Å². The highest BCUT2D eigenvalue weighted by Gasteiger charge is 2.41. The predicted molar refractivity (Wildman–Crippen MR) is 185 cm³/mol. The van der Waals surface area contributed by atoms with E-state index in [0.29, 0.717) is 0 Å². The van der Waals surface area contributed by atoms with Crippen LogP contribution in [0.4, 0.5) is 17.1 Å². The van der Waals surface area contributed by atoms with Gasteiger partial charge in [0.1, 0.15) is 5.01 Å². The lowest BCUT2D eigenvalue weighted by molar-refractivity contribution is 0.490. The Bertz CT molecular complexity index is 1910. The van der Waals surface area contributed by atoms with E-state index in [4.69, 9.17) is 4.98 Å². The van der Waals surface area contributed by atoms with Crippen LogP contribution in [-0.4, -0.2) is 4.98 Å². The van der Waals surface area contributed by atoms with Crippen LogP contribution in [0.3, 0.4) is 0 Å². The largest absolute Gasteiger partial charge is 0.310 e. The zero-order valence-corrected chi connectivity index (χ0v) is 26.5. The van der Waals surface area contributed by atoms with Crippen LogP contribution in [0.1, 0.15) is 64.2 Å². The summed E-state index contributed by atoms with van der Waals surface area (Å²) in [5.41, 5.74) is 12.8. The quantitative estimate of drug-likeness (QED) is 0.195. The fourth-order valence-corrected chi connectivity index (χ4v) is 8.03. The molecule has 3 heteroatoms. The summed E-state index contributed by atoms with van der Waals surface area (Å²) in [6.45, 7) is 11.6. The van der Waals surface area contributed by atoms with E-state index in [2.05, 4.69) is 155 Å². The van der Waals surface area contributed by atoms with Gasteiger partial charge in [0.15, 0.2) is 0 Å². The van der Waals surface area contributed by atoms with E-state index < -0.39 is 0 Å². The molecule has 43 heavy (non-hydrogen) atoms. The smallest absolute Gasteiger partial charge is 0.124 e. The Morgan fingerprint density at radius 3 is 2.05 bits per heavy atom. The third-order valence-corrected chi connectivity index (χ3v) is 10.4. The van der Waals surface area contributed by atoms with Crippen molar-refractivity contribution in [3.63, 3.8) is 0 Å². The van der Waals surface area contributed by atoms with Crippen molar-refractivity contribution >= 4 is 38.6 Å². The molecule has 0 radical (unpaired) electrons. The number of aromatic nitrogens is 1. The third kappa shape index (κ3) is 4.49. The van der Waals surface area contributed by atoms with Gasteiger partial charge in [0, 0.05) is 28.0 Å². The lowest BCUT2D eigenvalue weighted by atomic mass is 9.73. The maximum atomic E-state index is 5.00. The van der Waals surface area contributed by atoms with E-state index in [-0.39, 0.29) is 10.8 Å². The lowest BCUT2D eigenvalue weighted by Gasteiger charge is -2.34. The number of thiazole rings is 1. The van der Waals surface area contributed by atoms with Crippen LogP contribution in [0.25, 0.3) is 31.9 Å². The monoisotopic (exact) mass is 578 g/mol. The summed E-state index contributed by atoms with van der Waals surface area (Å²) in [4.78, 5) is 7.45. The topological polar surface area (TPSA) is 16.1 Å². The molecule has 1 aromatic heterocycles. The van der Waals surface area contributed by atoms with Gasteiger partial charge in [0.2, 0.25) is 0 Å². The van der Waals surface area contributed by atoms with Crippen LogP contribution >= 0.6 is 11.3 Å². The van der Waals surface area contributed by atoms with Crippen molar-refractivity contribution in [3.05, 3.63) is 132 Å². The highest BCUT2D eigenvalue weighted by molar-refractivity contribution is 7.21. The SMILES string of the molecule is CCC1(CC)c2cc(-c3nc4ccccc4s3)ccc2-c2ccc(N(c3ccccc3)c3ccccc3C(C)(C)C)cc21. The second-order valence-corrected chi connectivity index (χ2v) is 13.7. The number of rotatable bonds is 6. The highest BCUT2D eigenvalue weighted by Crippen LogP contribution is 2.55.